The first-order chi connectivity index (χ1) is 12.9. The van der Waals surface area contributed by atoms with Crippen LogP contribution in [0.4, 0.5) is 14.5 Å². The van der Waals surface area contributed by atoms with Crippen LogP contribution in [0.3, 0.4) is 0 Å². The summed E-state index contributed by atoms with van der Waals surface area (Å²) in [6.07, 6.45) is 0.503. The van der Waals surface area contributed by atoms with E-state index in [0.29, 0.717) is 13.0 Å². The van der Waals surface area contributed by atoms with E-state index in [2.05, 4.69) is 16.0 Å². The Morgan fingerprint density at radius 2 is 1.89 bits per heavy atom. The van der Waals surface area contributed by atoms with E-state index >= 15 is 0 Å². The van der Waals surface area contributed by atoms with Gasteiger partial charge in [0, 0.05) is 18.3 Å². The topological polar surface area (TPSA) is 70.2 Å². The molecule has 0 saturated carbocycles. The van der Waals surface area contributed by atoms with Crippen molar-refractivity contribution in [2.75, 3.05) is 11.9 Å². The van der Waals surface area contributed by atoms with Crippen LogP contribution in [0.5, 0.6) is 0 Å². The molecule has 1 unspecified atom stereocenters. The molecule has 0 saturated heterocycles. The second-order valence-electron chi connectivity index (χ2n) is 6.69. The summed E-state index contributed by atoms with van der Waals surface area (Å²) in [6.45, 7) is 2.18. The lowest BCUT2D eigenvalue weighted by Crippen LogP contribution is -2.51. The van der Waals surface area contributed by atoms with Crippen LogP contribution < -0.4 is 16.0 Å². The van der Waals surface area contributed by atoms with Crippen molar-refractivity contribution in [1.29, 1.82) is 0 Å². The minimum Gasteiger partial charge on any atom is -0.383 e. The maximum Gasteiger partial charge on any atom is 0.242 e. The molecule has 0 spiro atoms. The van der Waals surface area contributed by atoms with Crippen molar-refractivity contribution in [2.45, 2.75) is 31.8 Å². The molecule has 2 amide bonds. The van der Waals surface area contributed by atoms with Gasteiger partial charge in [-0.15, -0.1) is 0 Å². The molecule has 3 rings (SSSR count). The summed E-state index contributed by atoms with van der Waals surface area (Å²) in [7, 11) is 0. The van der Waals surface area contributed by atoms with Crippen LogP contribution >= 0.6 is 0 Å². The van der Waals surface area contributed by atoms with E-state index in [0.717, 1.165) is 29.4 Å². The predicted molar refractivity (Wildman–Crippen MR) is 98.2 cm³/mol. The Morgan fingerprint density at radius 3 is 2.63 bits per heavy atom. The summed E-state index contributed by atoms with van der Waals surface area (Å²) in [5, 5.41) is 8.74. The maximum atomic E-state index is 13.2. The molecule has 0 aromatic heterocycles. The molecule has 7 heteroatoms. The summed E-state index contributed by atoms with van der Waals surface area (Å²) in [4.78, 5) is 24.4. The minimum atomic E-state index is -0.756. The van der Waals surface area contributed by atoms with Crippen molar-refractivity contribution >= 4 is 17.5 Å². The first kappa shape index (κ1) is 18.8. The summed E-state index contributed by atoms with van der Waals surface area (Å²) in [5.41, 5.74) is 2.40. The maximum absolute atomic E-state index is 13.2. The van der Waals surface area contributed by atoms with Crippen LogP contribution in [0.25, 0.3) is 0 Å². The van der Waals surface area contributed by atoms with Crippen LogP contribution in [0.15, 0.2) is 42.5 Å². The molecule has 1 aliphatic rings. The molecule has 2 atom stereocenters. The second-order valence-corrected chi connectivity index (χ2v) is 6.69. The van der Waals surface area contributed by atoms with E-state index in [4.69, 9.17) is 0 Å². The Hall–Kier alpha value is -2.96. The zero-order chi connectivity index (χ0) is 19.4. The van der Waals surface area contributed by atoms with Crippen molar-refractivity contribution in [1.82, 2.24) is 10.6 Å². The van der Waals surface area contributed by atoms with Crippen LogP contribution in [0.1, 0.15) is 18.1 Å². The summed E-state index contributed by atoms with van der Waals surface area (Å²) >= 11 is 0. The Balaban J connectivity index is 1.51. The quantitative estimate of drug-likeness (QED) is 0.752. The van der Waals surface area contributed by atoms with E-state index in [9.17, 15) is 18.4 Å². The summed E-state index contributed by atoms with van der Waals surface area (Å²) in [6, 6.07) is 9.99. The Bertz CT molecular complexity index is 837. The largest absolute Gasteiger partial charge is 0.383 e. The fourth-order valence-electron chi connectivity index (χ4n) is 3.13. The minimum absolute atomic E-state index is 0.0796. The highest BCUT2D eigenvalue weighted by Crippen LogP contribution is 2.21. The highest BCUT2D eigenvalue weighted by molar-refractivity contribution is 5.88. The molecule has 27 heavy (non-hydrogen) atoms. The normalized spacial score (nSPS) is 16.6. The number of nitrogens with one attached hydrogen (secondary N) is 3. The van der Waals surface area contributed by atoms with Crippen molar-refractivity contribution in [3.05, 3.63) is 65.2 Å². The number of hydrogen-bond donors (Lipinski definition) is 3. The summed E-state index contributed by atoms with van der Waals surface area (Å²) < 4.78 is 26.4. The first-order valence-corrected chi connectivity index (χ1v) is 8.77. The van der Waals surface area contributed by atoms with E-state index < -0.39 is 23.6 Å². The lowest BCUT2D eigenvalue weighted by Gasteiger charge is -2.28. The average Bonchev–Trinajstić information content (AvgIpc) is 2.60. The third kappa shape index (κ3) is 5.03. The van der Waals surface area contributed by atoms with Gasteiger partial charge in [0.1, 0.15) is 17.7 Å². The molecule has 0 fully saturated rings. The number of rotatable bonds is 5. The highest BCUT2D eigenvalue weighted by atomic mass is 19.1. The molecule has 3 N–H and O–H groups in total. The molecule has 142 valence electrons. The van der Waals surface area contributed by atoms with E-state index in [-0.39, 0.29) is 23.9 Å². The number of carbonyl (C=O) groups is 2. The van der Waals surface area contributed by atoms with E-state index in [1.165, 1.54) is 0 Å². The number of halogens is 2. The fraction of sp³-hybridized carbons (Fsp3) is 0.300. The van der Waals surface area contributed by atoms with Crippen molar-refractivity contribution in [2.24, 2.45) is 0 Å². The van der Waals surface area contributed by atoms with Gasteiger partial charge in [0.2, 0.25) is 11.8 Å². The van der Waals surface area contributed by atoms with Gasteiger partial charge < -0.3 is 16.0 Å². The fourth-order valence-corrected chi connectivity index (χ4v) is 3.13. The monoisotopic (exact) mass is 373 g/mol. The number of hydrogen-bond acceptors (Lipinski definition) is 3. The lowest BCUT2D eigenvalue weighted by molar-refractivity contribution is -0.128. The predicted octanol–water partition coefficient (Wildman–Crippen LogP) is 2.16. The SMILES string of the molecule is C[C@H](NC(=O)Cc1cc(F)cc(F)c1)C(=O)NC1CNc2ccccc2C1. The van der Waals surface area contributed by atoms with Gasteiger partial charge in [0.15, 0.2) is 0 Å². The van der Waals surface area contributed by atoms with Crippen molar-refractivity contribution in [3.63, 3.8) is 0 Å². The van der Waals surface area contributed by atoms with Gasteiger partial charge in [-0.1, -0.05) is 18.2 Å². The van der Waals surface area contributed by atoms with Crippen LogP contribution in [-0.2, 0) is 22.4 Å². The highest BCUT2D eigenvalue weighted by Gasteiger charge is 2.23. The van der Waals surface area contributed by atoms with Gasteiger partial charge in [-0.2, -0.15) is 0 Å². The van der Waals surface area contributed by atoms with Crippen molar-refractivity contribution < 1.29 is 18.4 Å². The molecule has 1 aliphatic heterocycles. The molecule has 2 aromatic carbocycles. The van der Waals surface area contributed by atoms with Gasteiger partial charge in [-0.25, -0.2) is 8.78 Å². The Labute approximate surface area is 156 Å². The third-order valence-corrected chi connectivity index (χ3v) is 4.43. The molecule has 0 radical (unpaired) electrons. The summed E-state index contributed by atoms with van der Waals surface area (Å²) in [5.74, 6) is -2.27. The van der Waals surface area contributed by atoms with Gasteiger partial charge >= 0.3 is 0 Å². The Kier molecular flexibility index (Phi) is 5.69. The van der Waals surface area contributed by atoms with Crippen LogP contribution in [0.2, 0.25) is 0 Å². The molecule has 5 nitrogen and oxygen atoms in total. The first-order valence-electron chi connectivity index (χ1n) is 8.77. The van der Waals surface area contributed by atoms with Crippen molar-refractivity contribution in [3.8, 4) is 0 Å². The van der Waals surface area contributed by atoms with E-state index in [1.807, 2.05) is 24.3 Å². The number of para-hydroxylation sites is 1. The second kappa shape index (κ2) is 8.16. The van der Waals surface area contributed by atoms with Gasteiger partial charge in [0.05, 0.1) is 12.5 Å². The number of benzene rings is 2. The van der Waals surface area contributed by atoms with Crippen LogP contribution in [-0.4, -0.2) is 30.4 Å². The van der Waals surface area contributed by atoms with Gasteiger partial charge in [0.25, 0.3) is 0 Å². The number of anilines is 1. The average molecular weight is 373 g/mol. The van der Waals surface area contributed by atoms with Gasteiger partial charge in [-0.05, 0) is 42.7 Å². The zero-order valence-electron chi connectivity index (χ0n) is 14.9. The lowest BCUT2D eigenvalue weighted by atomic mass is 9.99. The smallest absolute Gasteiger partial charge is 0.242 e. The molecule has 0 aliphatic carbocycles. The Morgan fingerprint density at radius 1 is 1.19 bits per heavy atom. The van der Waals surface area contributed by atoms with Gasteiger partial charge in [-0.3, -0.25) is 9.59 Å². The number of amides is 2. The molecular formula is C20H21F2N3O2. The van der Waals surface area contributed by atoms with Crippen LogP contribution in [0, 0.1) is 11.6 Å². The molecule has 0 bridgehead atoms. The zero-order valence-corrected chi connectivity index (χ0v) is 14.9. The standard InChI is InChI=1S/C20H21F2N3O2/c1-12(24-19(26)8-13-6-15(21)10-16(22)7-13)20(27)25-17-9-14-4-2-3-5-18(14)23-11-17/h2-7,10,12,17,23H,8-9,11H2,1H3,(H,24,26)(H,25,27)/t12-,17?/m0/s1. The molecule has 2 aromatic rings. The third-order valence-electron chi connectivity index (χ3n) is 4.43. The molecule has 1 heterocycles. The number of fused-ring (bicyclic) bond motifs is 1. The molecular weight excluding hydrogens is 352 g/mol. The number of carbonyl (C=O) groups excluding carboxylic acids is 2. The van der Waals surface area contributed by atoms with E-state index in [1.54, 1.807) is 6.92 Å².